The van der Waals surface area contributed by atoms with Crippen molar-refractivity contribution in [3.8, 4) is 0 Å². The Morgan fingerprint density at radius 2 is 0.866 bits per heavy atom. The number of halogens is 15. The van der Waals surface area contributed by atoms with Crippen molar-refractivity contribution < 1.29 is 65.9 Å². The highest BCUT2D eigenvalue weighted by Gasteiger charge is 2.54. The van der Waals surface area contributed by atoms with Crippen molar-refractivity contribution in [2.45, 2.75) is 61.9 Å². The summed E-state index contributed by atoms with van der Waals surface area (Å²) in [6, 6.07) is 14.5. The largest absolute Gasteiger partial charge is 0.283 e. The second-order valence-corrected chi connectivity index (χ2v) is 19.4. The Hall–Kier alpha value is -5.29. The van der Waals surface area contributed by atoms with Gasteiger partial charge in [-0.2, -0.15) is 0 Å². The van der Waals surface area contributed by atoms with Crippen LogP contribution in [0.4, 0.5) is 65.9 Å². The van der Waals surface area contributed by atoms with E-state index >= 15 is 0 Å². The number of benzene rings is 6. The average molecular weight is 983 g/mol. The van der Waals surface area contributed by atoms with Crippen molar-refractivity contribution in [2.24, 2.45) is 0 Å². The highest BCUT2D eigenvalue weighted by atomic mass is 32.2. The topological polar surface area (TPSA) is 0 Å². The van der Waals surface area contributed by atoms with E-state index in [1.165, 1.54) is 68.6 Å². The number of hydrogen-bond acceptors (Lipinski definition) is 2. The van der Waals surface area contributed by atoms with E-state index in [2.05, 4.69) is 0 Å². The molecule has 4 aliphatic rings. The molecule has 0 nitrogen and oxygen atoms in total. The Bertz CT molecular complexity index is 3030. The SMILES string of the molecule is Cc1ccc(C2=C(F)c3c(ccc(F)c3F)C2)c(F)c1F.Cc1ccc(C2Cc3ccc(F)c(F)c3C2(F)F)c(F)c1F.Cc1ccc(C2Cc3ccc(F)c(F)c3C23SCCS3)c(F)c1F. The molecule has 0 radical (unpaired) electrons. The lowest BCUT2D eigenvalue weighted by Gasteiger charge is -2.31. The molecule has 0 N–H and O–H groups in total. The fourth-order valence-corrected chi connectivity index (χ4v) is 12.7. The maximum Gasteiger partial charge on any atom is 0.283 e. The molecule has 0 bridgehead atoms. The summed E-state index contributed by atoms with van der Waals surface area (Å²) in [4.78, 5) is 0. The Kier molecular flexibility index (Phi) is 12.9. The van der Waals surface area contributed by atoms with E-state index in [1.807, 2.05) is 0 Å². The molecule has 6 aromatic carbocycles. The van der Waals surface area contributed by atoms with Crippen molar-refractivity contribution in [2.75, 3.05) is 11.5 Å². The Morgan fingerprint density at radius 3 is 1.42 bits per heavy atom. The van der Waals surface area contributed by atoms with E-state index in [9.17, 15) is 65.9 Å². The number of aryl methyl sites for hydroxylation is 3. The zero-order valence-electron chi connectivity index (χ0n) is 35.1. The molecule has 1 saturated heterocycles. The van der Waals surface area contributed by atoms with E-state index in [4.69, 9.17) is 0 Å². The van der Waals surface area contributed by atoms with Crippen LogP contribution in [0.3, 0.4) is 0 Å². The third-order valence-corrected chi connectivity index (χ3v) is 16.1. The molecular weight excluding hydrogens is 950 g/mol. The summed E-state index contributed by atoms with van der Waals surface area (Å²) in [5.41, 5.74) is -0.898. The second-order valence-electron chi connectivity index (χ2n) is 16.4. The summed E-state index contributed by atoms with van der Waals surface area (Å²) in [5.74, 6) is -19.4. The van der Waals surface area contributed by atoms with Crippen molar-refractivity contribution in [1.29, 1.82) is 0 Å². The van der Waals surface area contributed by atoms with Crippen LogP contribution in [0, 0.1) is 90.6 Å². The van der Waals surface area contributed by atoms with E-state index in [1.54, 1.807) is 18.2 Å². The van der Waals surface area contributed by atoms with Gasteiger partial charge in [0.2, 0.25) is 0 Å². The minimum absolute atomic E-state index is 0.0164. The van der Waals surface area contributed by atoms with Gasteiger partial charge in [-0.15, -0.1) is 23.5 Å². The van der Waals surface area contributed by atoms with E-state index < -0.39 is 114 Å². The zero-order chi connectivity index (χ0) is 48.6. The van der Waals surface area contributed by atoms with Crippen molar-refractivity contribution >= 4 is 34.9 Å². The molecule has 1 spiro atoms. The summed E-state index contributed by atoms with van der Waals surface area (Å²) in [6.45, 7) is 4.19. The van der Waals surface area contributed by atoms with Gasteiger partial charge < -0.3 is 0 Å². The maximum absolute atomic E-state index is 14.6. The Labute approximate surface area is 382 Å². The third kappa shape index (κ3) is 8.00. The number of alkyl halides is 2. The molecule has 1 fully saturated rings. The molecule has 2 atom stereocenters. The first-order valence-electron chi connectivity index (χ1n) is 20.4. The molecule has 17 heteroatoms. The molecule has 6 aromatic rings. The molecule has 0 aromatic heterocycles. The quantitative estimate of drug-likeness (QED) is 0.162. The smallest absolute Gasteiger partial charge is 0.206 e. The fraction of sp³-hybridized carbons (Fsp3) is 0.240. The van der Waals surface area contributed by atoms with Crippen LogP contribution in [-0.4, -0.2) is 11.5 Å². The number of allylic oxidation sites excluding steroid dienone is 1. The van der Waals surface area contributed by atoms with Gasteiger partial charge >= 0.3 is 0 Å². The van der Waals surface area contributed by atoms with Crippen molar-refractivity contribution in [1.82, 2.24) is 0 Å². The highest BCUT2D eigenvalue weighted by molar-refractivity contribution is 8.20. The van der Waals surface area contributed by atoms with Crippen molar-refractivity contribution in [3.05, 3.63) is 209 Å². The summed E-state index contributed by atoms with van der Waals surface area (Å²) in [7, 11) is 0. The minimum atomic E-state index is -3.82. The van der Waals surface area contributed by atoms with E-state index in [-0.39, 0.29) is 57.4 Å². The molecule has 350 valence electrons. The van der Waals surface area contributed by atoms with Crippen LogP contribution in [-0.2, 0) is 29.3 Å². The predicted molar refractivity (Wildman–Crippen MR) is 227 cm³/mol. The summed E-state index contributed by atoms with van der Waals surface area (Å²) in [6.07, 6.45) is -0.122. The van der Waals surface area contributed by atoms with Crippen LogP contribution in [0.15, 0.2) is 72.8 Å². The van der Waals surface area contributed by atoms with Gasteiger partial charge in [0.25, 0.3) is 5.92 Å². The summed E-state index contributed by atoms with van der Waals surface area (Å²) >= 11 is 3.01. The van der Waals surface area contributed by atoms with Gasteiger partial charge in [0, 0.05) is 46.1 Å². The lowest BCUT2D eigenvalue weighted by molar-refractivity contribution is -0.0266. The standard InChI is InChI=1S/C18H14F4S2.C16H10F6.C16H9F5/c1-9-2-4-11(16(21)15(9)20)12-8-10-3-5-13(19)17(22)14(10)18(12)23-6-7-24-18;1-7-2-4-9(14(19)13(7)18)10-6-8-3-5-11(17)15(20)12(8)16(10,21)22;1-7-2-4-9(15(20)13(7)18)10-6-8-3-5-11(17)16(21)12(8)14(10)19/h2-5,12H,6-8H2,1H3;2-5,10H,6H2,1H3;2-5H,6H2,1H3. The van der Waals surface area contributed by atoms with Gasteiger partial charge in [-0.3, -0.25) is 0 Å². The molecule has 0 saturated carbocycles. The highest BCUT2D eigenvalue weighted by Crippen LogP contribution is 2.66. The van der Waals surface area contributed by atoms with Gasteiger partial charge in [-0.1, -0.05) is 54.6 Å². The average Bonchev–Trinajstić information content (AvgIpc) is 4.06. The van der Waals surface area contributed by atoms with Crippen molar-refractivity contribution in [3.63, 3.8) is 0 Å². The third-order valence-electron chi connectivity index (χ3n) is 12.5. The first-order valence-corrected chi connectivity index (χ1v) is 22.4. The molecule has 1 heterocycles. The molecule has 0 amide bonds. The molecule has 10 rings (SSSR count). The van der Waals surface area contributed by atoms with Crippen LogP contribution in [0.25, 0.3) is 11.4 Å². The van der Waals surface area contributed by atoms with E-state index in [0.29, 0.717) is 17.5 Å². The predicted octanol–water partition coefficient (Wildman–Crippen LogP) is 15.5. The molecular formula is C50H33F15S2. The van der Waals surface area contributed by atoms with Gasteiger partial charge in [0.05, 0.1) is 21.1 Å². The van der Waals surface area contributed by atoms with Crippen LogP contribution < -0.4 is 0 Å². The summed E-state index contributed by atoms with van der Waals surface area (Å²) < 4.78 is 208. The number of rotatable bonds is 3. The summed E-state index contributed by atoms with van der Waals surface area (Å²) in [5, 5.41) is 0. The van der Waals surface area contributed by atoms with Gasteiger partial charge in [-0.25, -0.2) is 65.9 Å². The molecule has 3 aliphatic carbocycles. The first kappa shape index (κ1) is 48.2. The lowest BCUT2D eigenvalue weighted by atomic mass is 9.91. The monoisotopic (exact) mass is 982 g/mol. The van der Waals surface area contributed by atoms with Crippen LogP contribution in [0.2, 0.25) is 0 Å². The zero-order valence-corrected chi connectivity index (χ0v) is 36.7. The van der Waals surface area contributed by atoms with Crippen LogP contribution in [0.5, 0.6) is 0 Å². The number of hydrogen-bond donors (Lipinski definition) is 0. The molecule has 1 aliphatic heterocycles. The van der Waals surface area contributed by atoms with Crippen LogP contribution >= 0.6 is 23.5 Å². The van der Waals surface area contributed by atoms with Gasteiger partial charge in [0.1, 0.15) is 5.83 Å². The molecule has 67 heavy (non-hydrogen) atoms. The van der Waals surface area contributed by atoms with E-state index in [0.717, 1.165) is 41.8 Å². The normalized spacial score (nSPS) is 18.4. The fourth-order valence-electron chi connectivity index (χ4n) is 9.05. The second kappa shape index (κ2) is 18.0. The van der Waals surface area contributed by atoms with Gasteiger partial charge in [-0.05, 0) is 90.8 Å². The number of fused-ring (bicyclic) bond motifs is 4. The van der Waals surface area contributed by atoms with Crippen LogP contribution in [0.1, 0.15) is 78.6 Å². The lowest BCUT2D eigenvalue weighted by Crippen LogP contribution is -2.23. The first-order chi connectivity index (χ1) is 31.6. The maximum atomic E-state index is 14.6. The number of thioether (sulfide) groups is 2. The molecule has 2 unspecified atom stereocenters. The Morgan fingerprint density at radius 1 is 0.433 bits per heavy atom. The Balaban J connectivity index is 0.000000137. The van der Waals surface area contributed by atoms with Gasteiger partial charge in [0.15, 0.2) is 69.8 Å². The minimum Gasteiger partial charge on any atom is -0.206 e.